The largest absolute Gasteiger partial charge is 0.357 e. The van der Waals surface area contributed by atoms with Gasteiger partial charge in [-0.2, -0.15) is 0 Å². The van der Waals surface area contributed by atoms with E-state index in [1.165, 1.54) is 24.0 Å². The Hall–Kier alpha value is -2.36. The predicted molar refractivity (Wildman–Crippen MR) is 102 cm³/mol. The van der Waals surface area contributed by atoms with Gasteiger partial charge in [0.2, 0.25) is 5.91 Å². The van der Waals surface area contributed by atoms with Gasteiger partial charge < -0.3 is 10.2 Å². The maximum atomic E-state index is 12.1. The number of carbonyl (C=O) groups excluding carboxylic acids is 1. The Bertz CT molecular complexity index is 691. The van der Waals surface area contributed by atoms with E-state index in [2.05, 4.69) is 52.5 Å². The number of hydrogen-bond acceptors (Lipinski definition) is 3. The van der Waals surface area contributed by atoms with Gasteiger partial charge >= 0.3 is 0 Å². The number of pyridine rings is 1. The highest BCUT2D eigenvalue weighted by molar-refractivity contribution is 5.76. The summed E-state index contributed by atoms with van der Waals surface area (Å²) in [6, 6.07) is 12.6. The quantitative estimate of drug-likeness (QED) is 0.841. The molecule has 1 aliphatic heterocycles. The van der Waals surface area contributed by atoms with Gasteiger partial charge in [0.15, 0.2) is 0 Å². The lowest BCUT2D eigenvalue weighted by molar-refractivity contribution is -0.121. The first kappa shape index (κ1) is 17.5. The maximum absolute atomic E-state index is 12.1. The van der Waals surface area contributed by atoms with E-state index in [0.29, 0.717) is 13.0 Å². The molecule has 1 aromatic heterocycles. The lowest BCUT2D eigenvalue weighted by Crippen LogP contribution is -2.24. The second kappa shape index (κ2) is 8.65. The van der Waals surface area contributed by atoms with Crippen molar-refractivity contribution in [3.63, 3.8) is 0 Å². The summed E-state index contributed by atoms with van der Waals surface area (Å²) in [4.78, 5) is 18.9. The summed E-state index contributed by atoms with van der Waals surface area (Å²) < 4.78 is 0. The molecule has 0 saturated carbocycles. The maximum Gasteiger partial charge on any atom is 0.220 e. The first-order valence-corrected chi connectivity index (χ1v) is 9.29. The monoisotopic (exact) mass is 337 g/mol. The lowest BCUT2D eigenvalue weighted by Gasteiger charge is -2.17. The highest BCUT2D eigenvalue weighted by Gasteiger charge is 2.13. The van der Waals surface area contributed by atoms with Crippen LogP contribution in [0.15, 0.2) is 42.6 Å². The Morgan fingerprint density at radius 1 is 1.08 bits per heavy atom. The number of aryl methyl sites for hydroxylation is 2. The number of amides is 1. The predicted octanol–water partition coefficient (Wildman–Crippen LogP) is 3.49. The molecule has 0 aliphatic carbocycles. The fourth-order valence-corrected chi connectivity index (χ4v) is 3.18. The topological polar surface area (TPSA) is 45.2 Å². The molecule has 1 saturated heterocycles. The number of hydrogen-bond donors (Lipinski definition) is 1. The standard InChI is InChI=1S/C21H27N3O/c1-2-17-5-7-18(8-6-17)9-10-21(25)23-16-19-11-12-22-20(15-19)24-13-3-4-14-24/h5-8,11-12,15H,2-4,9-10,13-14,16H2,1H3,(H,23,25). The molecule has 1 aliphatic rings. The molecule has 1 fully saturated rings. The fraction of sp³-hybridized carbons (Fsp3) is 0.429. The summed E-state index contributed by atoms with van der Waals surface area (Å²) in [5, 5.41) is 3.02. The van der Waals surface area contributed by atoms with E-state index in [9.17, 15) is 4.79 Å². The average molecular weight is 337 g/mol. The molecule has 1 aromatic carbocycles. The number of benzene rings is 1. The van der Waals surface area contributed by atoms with Crippen molar-refractivity contribution in [2.24, 2.45) is 0 Å². The van der Waals surface area contributed by atoms with Crippen LogP contribution in [0.25, 0.3) is 0 Å². The molecular formula is C21H27N3O. The van der Waals surface area contributed by atoms with Crippen LogP contribution in [0, 0.1) is 0 Å². The summed E-state index contributed by atoms with van der Waals surface area (Å²) >= 11 is 0. The molecule has 0 atom stereocenters. The van der Waals surface area contributed by atoms with Crippen LogP contribution in [0.3, 0.4) is 0 Å². The van der Waals surface area contributed by atoms with Crippen LogP contribution < -0.4 is 10.2 Å². The molecule has 0 spiro atoms. The third-order valence-electron chi connectivity index (χ3n) is 4.80. The highest BCUT2D eigenvalue weighted by Crippen LogP contribution is 2.18. The van der Waals surface area contributed by atoms with Crippen molar-refractivity contribution in [1.82, 2.24) is 10.3 Å². The van der Waals surface area contributed by atoms with Crippen molar-refractivity contribution >= 4 is 11.7 Å². The van der Waals surface area contributed by atoms with Crippen molar-refractivity contribution in [3.05, 3.63) is 59.3 Å². The molecule has 0 bridgehead atoms. The first-order chi connectivity index (χ1) is 12.2. The molecule has 0 radical (unpaired) electrons. The van der Waals surface area contributed by atoms with Crippen LogP contribution in [-0.4, -0.2) is 24.0 Å². The Morgan fingerprint density at radius 2 is 1.80 bits per heavy atom. The summed E-state index contributed by atoms with van der Waals surface area (Å²) in [5.74, 6) is 1.12. The van der Waals surface area contributed by atoms with Crippen LogP contribution in [0.1, 0.15) is 42.9 Å². The Balaban J connectivity index is 1.46. The van der Waals surface area contributed by atoms with Gasteiger partial charge in [-0.05, 0) is 54.5 Å². The van der Waals surface area contributed by atoms with E-state index in [-0.39, 0.29) is 5.91 Å². The lowest BCUT2D eigenvalue weighted by atomic mass is 10.1. The summed E-state index contributed by atoms with van der Waals surface area (Å²) in [5.41, 5.74) is 3.66. The van der Waals surface area contributed by atoms with Crippen LogP contribution in [0.2, 0.25) is 0 Å². The Labute approximate surface area is 150 Å². The van der Waals surface area contributed by atoms with Crippen molar-refractivity contribution in [1.29, 1.82) is 0 Å². The van der Waals surface area contributed by atoms with Gasteiger partial charge in [0.25, 0.3) is 0 Å². The first-order valence-electron chi connectivity index (χ1n) is 9.29. The second-order valence-electron chi connectivity index (χ2n) is 6.66. The smallest absolute Gasteiger partial charge is 0.220 e. The molecular weight excluding hydrogens is 310 g/mol. The van der Waals surface area contributed by atoms with E-state index >= 15 is 0 Å². The summed E-state index contributed by atoms with van der Waals surface area (Å²) in [6.45, 7) is 4.88. The third-order valence-corrected chi connectivity index (χ3v) is 4.80. The number of carbonyl (C=O) groups is 1. The van der Waals surface area contributed by atoms with Gasteiger partial charge in [0.05, 0.1) is 0 Å². The molecule has 132 valence electrons. The Kier molecular flexibility index (Phi) is 6.04. The zero-order valence-electron chi connectivity index (χ0n) is 15.0. The third kappa shape index (κ3) is 5.05. The van der Waals surface area contributed by atoms with Crippen molar-refractivity contribution in [2.75, 3.05) is 18.0 Å². The number of anilines is 1. The SMILES string of the molecule is CCc1ccc(CCC(=O)NCc2ccnc(N3CCCC3)c2)cc1. The zero-order chi connectivity index (χ0) is 17.5. The Morgan fingerprint density at radius 3 is 2.52 bits per heavy atom. The summed E-state index contributed by atoms with van der Waals surface area (Å²) in [6.07, 6.45) is 6.67. The van der Waals surface area contributed by atoms with Crippen LogP contribution in [-0.2, 0) is 24.2 Å². The van der Waals surface area contributed by atoms with Gasteiger partial charge in [-0.3, -0.25) is 4.79 Å². The zero-order valence-corrected chi connectivity index (χ0v) is 15.0. The van der Waals surface area contributed by atoms with E-state index in [1.807, 2.05) is 12.3 Å². The number of rotatable bonds is 7. The van der Waals surface area contributed by atoms with Crippen LogP contribution in [0.4, 0.5) is 5.82 Å². The normalized spacial score (nSPS) is 13.9. The van der Waals surface area contributed by atoms with Crippen LogP contribution >= 0.6 is 0 Å². The van der Waals surface area contributed by atoms with E-state index in [0.717, 1.165) is 37.3 Å². The van der Waals surface area contributed by atoms with Crippen molar-refractivity contribution < 1.29 is 4.79 Å². The van der Waals surface area contributed by atoms with E-state index < -0.39 is 0 Å². The van der Waals surface area contributed by atoms with E-state index in [4.69, 9.17) is 0 Å². The highest BCUT2D eigenvalue weighted by atomic mass is 16.1. The van der Waals surface area contributed by atoms with Crippen molar-refractivity contribution in [2.45, 2.75) is 45.6 Å². The molecule has 2 heterocycles. The minimum absolute atomic E-state index is 0.0964. The molecule has 1 amide bonds. The number of aromatic nitrogens is 1. The van der Waals surface area contributed by atoms with Gasteiger partial charge in [0.1, 0.15) is 5.82 Å². The second-order valence-corrected chi connectivity index (χ2v) is 6.66. The van der Waals surface area contributed by atoms with E-state index in [1.54, 1.807) is 0 Å². The molecule has 25 heavy (non-hydrogen) atoms. The number of nitrogens with one attached hydrogen (secondary N) is 1. The summed E-state index contributed by atoms with van der Waals surface area (Å²) in [7, 11) is 0. The van der Waals surface area contributed by atoms with Crippen LogP contribution in [0.5, 0.6) is 0 Å². The molecule has 1 N–H and O–H groups in total. The van der Waals surface area contributed by atoms with Gasteiger partial charge in [-0.25, -0.2) is 4.98 Å². The minimum atomic E-state index is 0.0964. The molecule has 0 unspecified atom stereocenters. The fourth-order valence-electron chi connectivity index (χ4n) is 3.18. The van der Waals surface area contributed by atoms with Gasteiger partial charge in [-0.15, -0.1) is 0 Å². The average Bonchev–Trinajstić information content (AvgIpc) is 3.20. The van der Waals surface area contributed by atoms with Gasteiger partial charge in [0, 0.05) is 32.3 Å². The molecule has 2 aromatic rings. The van der Waals surface area contributed by atoms with Gasteiger partial charge in [-0.1, -0.05) is 31.2 Å². The molecule has 4 heteroatoms. The number of nitrogens with zero attached hydrogens (tertiary/aromatic N) is 2. The van der Waals surface area contributed by atoms with Crippen molar-refractivity contribution in [3.8, 4) is 0 Å². The molecule has 4 nitrogen and oxygen atoms in total. The minimum Gasteiger partial charge on any atom is -0.357 e. The molecule has 3 rings (SSSR count).